The zero-order chi connectivity index (χ0) is 14.0. The van der Waals surface area contributed by atoms with E-state index in [-0.39, 0.29) is 11.9 Å². The molecule has 1 aliphatic rings. The van der Waals surface area contributed by atoms with Crippen LogP contribution in [-0.2, 0) is 0 Å². The van der Waals surface area contributed by atoms with Crippen molar-refractivity contribution in [2.45, 2.75) is 31.8 Å². The molecule has 1 saturated heterocycles. The first-order valence-electron chi connectivity index (χ1n) is 6.95. The molecule has 0 radical (unpaired) electrons. The molecule has 1 aromatic rings. The van der Waals surface area contributed by atoms with E-state index in [2.05, 4.69) is 16.8 Å². The van der Waals surface area contributed by atoms with Gasteiger partial charge in [-0.25, -0.2) is 4.39 Å². The van der Waals surface area contributed by atoms with Crippen LogP contribution < -0.4 is 10.6 Å². The molecule has 0 bridgehead atoms. The number of nitrogens with zero attached hydrogens (tertiary/aromatic N) is 2. The monoisotopic (exact) mass is 265 g/mol. The zero-order valence-electron chi connectivity index (χ0n) is 12.1. The second kappa shape index (κ2) is 5.88. The Morgan fingerprint density at radius 3 is 2.79 bits per heavy atom. The Morgan fingerprint density at radius 2 is 2.21 bits per heavy atom. The molecular formula is C15H24FN3. The summed E-state index contributed by atoms with van der Waals surface area (Å²) < 4.78 is 14.2. The van der Waals surface area contributed by atoms with Gasteiger partial charge >= 0.3 is 0 Å². The number of halogens is 1. The van der Waals surface area contributed by atoms with Crippen molar-refractivity contribution >= 4 is 5.69 Å². The van der Waals surface area contributed by atoms with Gasteiger partial charge < -0.3 is 15.5 Å². The van der Waals surface area contributed by atoms with E-state index in [1.165, 1.54) is 6.42 Å². The lowest BCUT2D eigenvalue weighted by molar-refractivity contribution is 0.247. The van der Waals surface area contributed by atoms with Crippen LogP contribution in [0.2, 0.25) is 0 Å². The highest BCUT2D eigenvalue weighted by molar-refractivity contribution is 5.50. The highest BCUT2D eigenvalue weighted by Crippen LogP contribution is 2.26. The number of rotatable bonds is 3. The van der Waals surface area contributed by atoms with Crippen molar-refractivity contribution in [1.29, 1.82) is 0 Å². The second-order valence-electron chi connectivity index (χ2n) is 5.67. The molecule has 2 atom stereocenters. The maximum absolute atomic E-state index is 14.2. The molecule has 0 aliphatic carbocycles. The van der Waals surface area contributed by atoms with Crippen molar-refractivity contribution in [2.24, 2.45) is 5.73 Å². The molecule has 0 amide bonds. The molecule has 0 saturated carbocycles. The molecular weight excluding hydrogens is 241 g/mol. The molecule has 106 valence electrons. The van der Waals surface area contributed by atoms with E-state index < -0.39 is 0 Å². The van der Waals surface area contributed by atoms with Gasteiger partial charge in [-0.15, -0.1) is 0 Å². The lowest BCUT2D eigenvalue weighted by Crippen LogP contribution is -2.45. The first kappa shape index (κ1) is 14.3. The van der Waals surface area contributed by atoms with E-state index in [1.807, 2.05) is 26.1 Å². The van der Waals surface area contributed by atoms with Gasteiger partial charge in [-0.1, -0.05) is 6.07 Å². The van der Waals surface area contributed by atoms with Gasteiger partial charge in [0.25, 0.3) is 0 Å². The van der Waals surface area contributed by atoms with Gasteiger partial charge in [-0.3, -0.25) is 0 Å². The fourth-order valence-electron chi connectivity index (χ4n) is 2.74. The number of hydrogen-bond acceptors (Lipinski definition) is 3. The van der Waals surface area contributed by atoms with Crippen molar-refractivity contribution in [3.63, 3.8) is 0 Å². The Kier molecular flexibility index (Phi) is 4.42. The van der Waals surface area contributed by atoms with Gasteiger partial charge in [0.2, 0.25) is 0 Å². The van der Waals surface area contributed by atoms with Crippen LogP contribution in [0.4, 0.5) is 10.1 Å². The molecule has 0 spiro atoms. The summed E-state index contributed by atoms with van der Waals surface area (Å²) in [6, 6.07) is 5.58. The number of piperidine rings is 1. The molecule has 1 heterocycles. The summed E-state index contributed by atoms with van der Waals surface area (Å²) in [4.78, 5) is 4.37. The largest absolute Gasteiger partial charge is 0.368 e. The average Bonchev–Trinajstić information content (AvgIpc) is 2.37. The summed E-state index contributed by atoms with van der Waals surface area (Å²) in [6.07, 6.45) is 2.29. The van der Waals surface area contributed by atoms with Crippen LogP contribution in [0.15, 0.2) is 18.2 Å². The summed E-state index contributed by atoms with van der Waals surface area (Å²) in [5.74, 6) is -0.175. The third-order valence-corrected chi connectivity index (χ3v) is 4.02. The van der Waals surface area contributed by atoms with E-state index in [4.69, 9.17) is 5.73 Å². The Labute approximate surface area is 115 Å². The van der Waals surface area contributed by atoms with Crippen LogP contribution in [0, 0.1) is 5.82 Å². The zero-order valence-corrected chi connectivity index (χ0v) is 12.1. The van der Waals surface area contributed by atoms with Crippen LogP contribution in [0.5, 0.6) is 0 Å². The second-order valence-corrected chi connectivity index (χ2v) is 5.67. The lowest BCUT2D eigenvalue weighted by Gasteiger charge is -2.37. The first-order chi connectivity index (χ1) is 8.99. The third-order valence-electron chi connectivity index (χ3n) is 4.02. The number of nitrogens with two attached hydrogens (primary N) is 1. The van der Waals surface area contributed by atoms with Crippen molar-refractivity contribution in [3.8, 4) is 0 Å². The fraction of sp³-hybridized carbons (Fsp3) is 0.600. The number of likely N-dealkylation sites (N-methyl/N-ethyl adjacent to an activating group) is 2. The van der Waals surface area contributed by atoms with E-state index >= 15 is 0 Å². The maximum Gasteiger partial charge on any atom is 0.146 e. The quantitative estimate of drug-likeness (QED) is 0.910. The van der Waals surface area contributed by atoms with Crippen LogP contribution in [0.3, 0.4) is 0 Å². The van der Waals surface area contributed by atoms with E-state index in [0.29, 0.717) is 11.7 Å². The number of hydrogen-bond donors (Lipinski definition) is 1. The SMILES string of the molecule is C[C@H](N)c1ccc(N(C)C2CCCN(C)C2)c(F)c1. The highest BCUT2D eigenvalue weighted by atomic mass is 19.1. The molecule has 2 N–H and O–H groups in total. The molecule has 0 aromatic heterocycles. The van der Waals surface area contributed by atoms with Gasteiger partial charge in [-0.05, 0) is 51.1 Å². The molecule has 1 fully saturated rings. The van der Waals surface area contributed by atoms with Crippen LogP contribution in [-0.4, -0.2) is 38.1 Å². The normalized spacial score (nSPS) is 22.3. The van der Waals surface area contributed by atoms with Crippen LogP contribution in [0.1, 0.15) is 31.4 Å². The fourth-order valence-corrected chi connectivity index (χ4v) is 2.74. The molecule has 3 nitrogen and oxygen atoms in total. The number of likely N-dealkylation sites (tertiary alicyclic amines) is 1. The summed E-state index contributed by atoms with van der Waals surface area (Å²) in [5, 5.41) is 0. The predicted molar refractivity (Wildman–Crippen MR) is 77.9 cm³/mol. The molecule has 2 rings (SSSR count). The van der Waals surface area contributed by atoms with Crippen LogP contribution >= 0.6 is 0 Å². The number of anilines is 1. The Morgan fingerprint density at radius 1 is 1.47 bits per heavy atom. The third kappa shape index (κ3) is 3.25. The Balaban J connectivity index is 2.16. The van der Waals surface area contributed by atoms with E-state index in [9.17, 15) is 4.39 Å². The minimum Gasteiger partial charge on any atom is -0.368 e. The summed E-state index contributed by atoms with van der Waals surface area (Å²) >= 11 is 0. The van der Waals surface area contributed by atoms with Gasteiger partial charge in [0.1, 0.15) is 5.82 Å². The van der Waals surface area contributed by atoms with Gasteiger partial charge in [0.05, 0.1) is 5.69 Å². The summed E-state index contributed by atoms with van der Waals surface area (Å²) in [5.41, 5.74) is 7.30. The van der Waals surface area contributed by atoms with Gasteiger partial charge in [0, 0.05) is 25.7 Å². The molecule has 1 unspecified atom stereocenters. The standard InChI is InChI=1S/C15H24FN3/c1-11(17)12-6-7-15(14(16)9-12)19(3)13-5-4-8-18(2)10-13/h6-7,9,11,13H,4-5,8,10,17H2,1-3H3/t11-,13?/m0/s1. The molecule has 19 heavy (non-hydrogen) atoms. The van der Waals surface area contributed by atoms with E-state index in [0.717, 1.165) is 25.1 Å². The lowest BCUT2D eigenvalue weighted by atomic mass is 10.0. The molecule has 4 heteroatoms. The predicted octanol–water partition coefficient (Wildman–Crippen LogP) is 2.38. The van der Waals surface area contributed by atoms with Crippen molar-refractivity contribution in [3.05, 3.63) is 29.6 Å². The van der Waals surface area contributed by atoms with Gasteiger partial charge in [-0.2, -0.15) is 0 Å². The topological polar surface area (TPSA) is 32.5 Å². The van der Waals surface area contributed by atoms with Gasteiger partial charge in [0.15, 0.2) is 0 Å². The first-order valence-corrected chi connectivity index (χ1v) is 6.95. The molecule has 1 aromatic carbocycles. The number of benzene rings is 1. The molecule has 1 aliphatic heterocycles. The van der Waals surface area contributed by atoms with Crippen LogP contribution in [0.25, 0.3) is 0 Å². The van der Waals surface area contributed by atoms with Crippen molar-refractivity contribution < 1.29 is 4.39 Å². The summed E-state index contributed by atoms with van der Waals surface area (Å²) in [6.45, 7) is 4.00. The maximum atomic E-state index is 14.2. The average molecular weight is 265 g/mol. The van der Waals surface area contributed by atoms with Crippen molar-refractivity contribution in [2.75, 3.05) is 32.1 Å². The summed E-state index contributed by atoms with van der Waals surface area (Å²) in [7, 11) is 4.10. The Hall–Kier alpha value is -1.13. The highest BCUT2D eigenvalue weighted by Gasteiger charge is 2.23. The smallest absolute Gasteiger partial charge is 0.146 e. The van der Waals surface area contributed by atoms with E-state index in [1.54, 1.807) is 6.07 Å². The van der Waals surface area contributed by atoms with Crippen molar-refractivity contribution in [1.82, 2.24) is 4.90 Å². The Bertz CT molecular complexity index is 433. The minimum absolute atomic E-state index is 0.130. The minimum atomic E-state index is -0.175.